The van der Waals surface area contributed by atoms with Gasteiger partial charge in [0.25, 0.3) is 0 Å². The lowest BCUT2D eigenvalue weighted by Gasteiger charge is -2.29. The van der Waals surface area contributed by atoms with Crippen LogP contribution in [0.2, 0.25) is 0 Å². The Morgan fingerprint density at radius 2 is 2.07 bits per heavy atom. The molecule has 3 aromatic rings. The lowest BCUT2D eigenvalue weighted by atomic mass is 10.1. The van der Waals surface area contributed by atoms with Crippen molar-refractivity contribution < 1.29 is 13.9 Å². The molecule has 1 aliphatic heterocycles. The summed E-state index contributed by atoms with van der Waals surface area (Å²) in [5.74, 6) is -0.615. The third-order valence-corrected chi connectivity index (χ3v) is 5.54. The molecule has 0 bridgehead atoms. The number of allylic oxidation sites excluding steroid dienone is 1. The zero-order valence-electron chi connectivity index (χ0n) is 15.2. The molecule has 0 aliphatic carbocycles. The lowest BCUT2D eigenvalue weighted by Crippen LogP contribution is -2.36. The molecule has 0 N–H and O–H groups in total. The molecular formula is C20H20FN3O2S. The minimum Gasteiger partial charge on any atom is -0.378 e. The van der Waals surface area contributed by atoms with Crippen LogP contribution in [0.1, 0.15) is 26.6 Å². The number of thiazole rings is 1. The molecule has 1 aliphatic rings. The molecule has 0 radical (unpaired) electrons. The topological polar surface area (TPSA) is 46.8 Å². The van der Waals surface area contributed by atoms with Gasteiger partial charge in [-0.1, -0.05) is 0 Å². The number of halogens is 1. The standard InChI is InChI=1S/C20H20FN3O2S/c1-13-12-24-17(14(2)22-20(24)27-13)5-6-19(25)15-3-4-18(16(21)11-15)23-7-9-26-10-8-23/h3-6,11-12H,7-10H2,1-2H3. The van der Waals surface area contributed by atoms with Crippen LogP contribution >= 0.6 is 11.3 Å². The van der Waals surface area contributed by atoms with Gasteiger partial charge in [0.15, 0.2) is 10.7 Å². The van der Waals surface area contributed by atoms with Gasteiger partial charge in [-0.15, -0.1) is 11.3 Å². The summed E-state index contributed by atoms with van der Waals surface area (Å²) in [5, 5.41) is 0. The average molecular weight is 385 g/mol. The fraction of sp³-hybridized carbons (Fsp3) is 0.300. The first-order valence-electron chi connectivity index (χ1n) is 8.82. The molecule has 7 heteroatoms. The lowest BCUT2D eigenvalue weighted by molar-refractivity contribution is 0.104. The minimum atomic E-state index is -0.382. The maximum atomic E-state index is 14.5. The molecule has 1 fully saturated rings. The van der Waals surface area contributed by atoms with Gasteiger partial charge in [-0.25, -0.2) is 9.37 Å². The number of fused-ring (bicyclic) bond motifs is 1. The number of ketones is 1. The second kappa shape index (κ2) is 7.25. The van der Waals surface area contributed by atoms with Crippen LogP contribution in [-0.4, -0.2) is 41.5 Å². The summed E-state index contributed by atoms with van der Waals surface area (Å²) in [6.07, 6.45) is 5.23. The van der Waals surface area contributed by atoms with Gasteiger partial charge in [-0.2, -0.15) is 0 Å². The van der Waals surface area contributed by atoms with Crippen molar-refractivity contribution in [2.75, 3.05) is 31.2 Å². The fourth-order valence-electron chi connectivity index (χ4n) is 3.25. The number of benzene rings is 1. The molecule has 0 spiro atoms. The van der Waals surface area contributed by atoms with Gasteiger partial charge >= 0.3 is 0 Å². The van der Waals surface area contributed by atoms with E-state index in [1.807, 2.05) is 29.3 Å². The normalized spacial score (nSPS) is 15.1. The number of hydrogen-bond acceptors (Lipinski definition) is 5. The van der Waals surface area contributed by atoms with E-state index in [1.165, 1.54) is 12.1 Å². The minimum absolute atomic E-state index is 0.233. The van der Waals surface area contributed by atoms with E-state index in [9.17, 15) is 9.18 Å². The maximum absolute atomic E-state index is 14.5. The van der Waals surface area contributed by atoms with Gasteiger partial charge < -0.3 is 9.64 Å². The predicted molar refractivity (Wildman–Crippen MR) is 105 cm³/mol. The highest BCUT2D eigenvalue weighted by Crippen LogP contribution is 2.23. The number of hydrogen-bond donors (Lipinski definition) is 0. The summed E-state index contributed by atoms with van der Waals surface area (Å²) >= 11 is 1.60. The third-order valence-electron chi connectivity index (χ3n) is 4.64. The number of imidazole rings is 1. The number of morpholine rings is 1. The van der Waals surface area contributed by atoms with Crippen LogP contribution < -0.4 is 4.90 Å². The first-order valence-corrected chi connectivity index (χ1v) is 9.64. The maximum Gasteiger partial charge on any atom is 0.194 e. The Morgan fingerprint density at radius 3 is 2.81 bits per heavy atom. The van der Waals surface area contributed by atoms with Gasteiger partial charge in [-0.05, 0) is 44.2 Å². The van der Waals surface area contributed by atoms with Crippen LogP contribution in [-0.2, 0) is 4.74 Å². The van der Waals surface area contributed by atoms with Gasteiger partial charge in [0, 0.05) is 29.7 Å². The summed E-state index contributed by atoms with van der Waals surface area (Å²) in [5.41, 5.74) is 2.58. The van der Waals surface area contributed by atoms with E-state index in [1.54, 1.807) is 29.5 Å². The monoisotopic (exact) mass is 385 g/mol. The van der Waals surface area contributed by atoms with Crippen molar-refractivity contribution in [3.63, 3.8) is 0 Å². The smallest absolute Gasteiger partial charge is 0.194 e. The number of anilines is 1. The quantitative estimate of drug-likeness (QED) is 0.505. The Labute approximate surface area is 160 Å². The van der Waals surface area contributed by atoms with Crippen molar-refractivity contribution >= 4 is 33.8 Å². The van der Waals surface area contributed by atoms with E-state index < -0.39 is 0 Å². The number of aryl methyl sites for hydroxylation is 2. The summed E-state index contributed by atoms with van der Waals surface area (Å²) in [4.78, 5) is 21.0. The summed E-state index contributed by atoms with van der Waals surface area (Å²) < 4.78 is 21.8. The second-order valence-electron chi connectivity index (χ2n) is 6.54. The van der Waals surface area contributed by atoms with Crippen LogP contribution in [0.4, 0.5) is 10.1 Å². The zero-order chi connectivity index (χ0) is 19.0. The third kappa shape index (κ3) is 3.52. The Kier molecular flexibility index (Phi) is 4.80. The first-order chi connectivity index (χ1) is 13.0. The van der Waals surface area contributed by atoms with Crippen LogP contribution in [0.3, 0.4) is 0 Å². The van der Waals surface area contributed by atoms with Crippen molar-refractivity contribution in [2.24, 2.45) is 0 Å². The number of carbonyl (C=O) groups excluding carboxylic acids is 1. The van der Waals surface area contributed by atoms with Gasteiger partial charge in [0.1, 0.15) is 5.82 Å². The van der Waals surface area contributed by atoms with Crippen LogP contribution in [0.15, 0.2) is 30.5 Å². The number of carbonyl (C=O) groups is 1. The van der Waals surface area contributed by atoms with Crippen molar-refractivity contribution in [1.29, 1.82) is 0 Å². The molecule has 3 heterocycles. The highest BCUT2D eigenvalue weighted by molar-refractivity contribution is 7.17. The van der Waals surface area contributed by atoms with E-state index in [2.05, 4.69) is 4.98 Å². The molecule has 1 aromatic carbocycles. The molecule has 0 saturated carbocycles. The highest BCUT2D eigenvalue weighted by atomic mass is 32.1. The Bertz CT molecular complexity index is 1030. The van der Waals surface area contributed by atoms with Crippen molar-refractivity contribution in [3.8, 4) is 0 Å². The molecule has 1 saturated heterocycles. The van der Waals surface area contributed by atoms with Crippen LogP contribution in [0.5, 0.6) is 0 Å². The van der Waals surface area contributed by atoms with E-state index in [0.717, 1.165) is 21.2 Å². The summed E-state index contributed by atoms with van der Waals surface area (Å²) in [6, 6.07) is 4.66. The first kappa shape index (κ1) is 17.9. The Morgan fingerprint density at radius 1 is 1.30 bits per heavy atom. The van der Waals surface area contributed by atoms with Crippen LogP contribution in [0, 0.1) is 19.7 Å². The molecular weight excluding hydrogens is 365 g/mol. The molecule has 0 unspecified atom stereocenters. The number of ether oxygens (including phenoxy) is 1. The highest BCUT2D eigenvalue weighted by Gasteiger charge is 2.16. The number of aromatic nitrogens is 2. The van der Waals surface area contributed by atoms with Gasteiger partial charge in [0.05, 0.1) is 30.3 Å². The van der Waals surface area contributed by atoms with E-state index in [-0.39, 0.29) is 11.6 Å². The van der Waals surface area contributed by atoms with Crippen molar-refractivity contribution in [1.82, 2.24) is 9.38 Å². The van der Waals surface area contributed by atoms with Crippen molar-refractivity contribution in [2.45, 2.75) is 13.8 Å². The van der Waals surface area contributed by atoms with Gasteiger partial charge in [-0.3, -0.25) is 9.20 Å². The summed E-state index contributed by atoms with van der Waals surface area (Å²) in [6.45, 7) is 6.41. The molecule has 2 aromatic heterocycles. The SMILES string of the molecule is Cc1cn2c(C=CC(=O)c3ccc(N4CCOCC4)c(F)c3)c(C)nc2s1. The fourth-order valence-corrected chi connectivity index (χ4v) is 4.13. The Hall–Kier alpha value is -2.51. The van der Waals surface area contributed by atoms with E-state index in [0.29, 0.717) is 37.6 Å². The molecule has 140 valence electrons. The zero-order valence-corrected chi connectivity index (χ0v) is 16.1. The van der Waals surface area contributed by atoms with Gasteiger partial charge in [0.2, 0.25) is 0 Å². The largest absolute Gasteiger partial charge is 0.378 e. The number of nitrogens with zero attached hydrogens (tertiary/aromatic N) is 3. The van der Waals surface area contributed by atoms with E-state index >= 15 is 0 Å². The molecule has 0 amide bonds. The summed E-state index contributed by atoms with van der Waals surface area (Å²) in [7, 11) is 0. The van der Waals surface area contributed by atoms with E-state index in [4.69, 9.17) is 4.74 Å². The predicted octanol–water partition coefficient (Wildman–Crippen LogP) is 3.88. The second-order valence-corrected chi connectivity index (χ2v) is 7.75. The molecule has 27 heavy (non-hydrogen) atoms. The Balaban J connectivity index is 1.56. The van der Waals surface area contributed by atoms with Crippen LogP contribution in [0.25, 0.3) is 11.0 Å². The molecule has 0 atom stereocenters. The molecule has 5 nitrogen and oxygen atoms in total. The van der Waals surface area contributed by atoms with Crippen molar-refractivity contribution in [3.05, 3.63) is 58.1 Å². The average Bonchev–Trinajstić information content (AvgIpc) is 3.15. The molecule has 4 rings (SSSR count). The number of rotatable bonds is 4.